The first kappa shape index (κ1) is 19.7. The molecule has 0 spiro atoms. The lowest BCUT2D eigenvalue weighted by Gasteiger charge is -2.34. The standard InChI is InChI=1S/C21H22F2N6O2/c1-25-18(19-15-4-7-26-20(15)27-12-29(19)24)14-5-8-28(9-6-14)11-13-2-3-16-17(10-13)31-21(22,23)30-16/h2-4,7,10,12,14,26H,1,5-6,8-9,11,24H2/b19-18-. The molecule has 3 aliphatic rings. The average molecular weight is 428 g/mol. The molecule has 8 nitrogen and oxygen atoms in total. The fourth-order valence-corrected chi connectivity index (χ4v) is 4.36. The predicted octanol–water partition coefficient (Wildman–Crippen LogP) is 3.47. The topological polar surface area (TPSA) is 91.5 Å². The molecule has 1 aromatic heterocycles. The number of likely N-dealkylation sites (tertiary alicyclic amines) is 1. The predicted molar refractivity (Wildman–Crippen MR) is 112 cm³/mol. The number of benzene rings is 1. The van der Waals surface area contributed by atoms with Crippen LogP contribution in [0.5, 0.6) is 11.5 Å². The lowest BCUT2D eigenvalue weighted by molar-refractivity contribution is -0.286. The number of piperidine rings is 1. The van der Waals surface area contributed by atoms with Crippen molar-refractivity contribution in [3.8, 4) is 11.5 Å². The molecule has 162 valence electrons. The van der Waals surface area contributed by atoms with Crippen LogP contribution in [0.15, 0.2) is 46.1 Å². The summed E-state index contributed by atoms with van der Waals surface area (Å²) >= 11 is 0. The van der Waals surface area contributed by atoms with Crippen LogP contribution in [0.3, 0.4) is 0 Å². The van der Waals surface area contributed by atoms with Gasteiger partial charge in [-0.05, 0) is 56.4 Å². The van der Waals surface area contributed by atoms with Crippen molar-refractivity contribution < 1.29 is 18.3 Å². The molecule has 1 saturated heterocycles. The lowest BCUT2D eigenvalue weighted by atomic mass is 9.90. The Morgan fingerprint density at radius 1 is 1.26 bits per heavy atom. The molecule has 2 aromatic rings. The Morgan fingerprint density at radius 2 is 2.03 bits per heavy atom. The largest absolute Gasteiger partial charge is 0.586 e. The molecule has 10 heteroatoms. The van der Waals surface area contributed by atoms with Crippen LogP contribution in [-0.4, -0.2) is 47.3 Å². The molecule has 5 rings (SSSR count). The number of allylic oxidation sites excluding steroid dienone is 1. The smallest absolute Gasteiger partial charge is 0.395 e. The summed E-state index contributed by atoms with van der Waals surface area (Å²) in [5.74, 6) is 7.27. The van der Waals surface area contributed by atoms with E-state index in [9.17, 15) is 8.78 Å². The van der Waals surface area contributed by atoms with E-state index >= 15 is 0 Å². The van der Waals surface area contributed by atoms with E-state index < -0.39 is 6.29 Å². The maximum absolute atomic E-state index is 13.2. The van der Waals surface area contributed by atoms with Gasteiger partial charge in [-0.1, -0.05) is 6.07 Å². The molecule has 0 atom stereocenters. The Kier molecular flexibility index (Phi) is 4.75. The lowest BCUT2D eigenvalue weighted by Crippen LogP contribution is -2.36. The van der Waals surface area contributed by atoms with Crippen LogP contribution in [-0.2, 0) is 6.54 Å². The van der Waals surface area contributed by atoms with E-state index in [1.807, 2.05) is 12.3 Å². The van der Waals surface area contributed by atoms with Crippen LogP contribution in [0.4, 0.5) is 14.6 Å². The van der Waals surface area contributed by atoms with Crippen LogP contribution in [0.1, 0.15) is 24.0 Å². The van der Waals surface area contributed by atoms with Crippen LogP contribution < -0.4 is 15.3 Å². The van der Waals surface area contributed by atoms with Crippen LogP contribution in [0, 0.1) is 5.92 Å². The summed E-state index contributed by atoms with van der Waals surface area (Å²) in [6.07, 6.45) is 1.56. The second-order valence-electron chi connectivity index (χ2n) is 7.78. The number of nitrogens with zero attached hydrogens (tertiary/aromatic N) is 4. The molecule has 3 N–H and O–H groups in total. The Labute approximate surface area is 177 Å². The number of aliphatic imine (C=N–C) groups is 2. The number of nitrogens with one attached hydrogen (secondary N) is 1. The molecule has 0 bridgehead atoms. The number of hydrazine groups is 1. The summed E-state index contributed by atoms with van der Waals surface area (Å²) in [6.45, 7) is 6.10. The molecule has 0 aliphatic carbocycles. The van der Waals surface area contributed by atoms with Gasteiger partial charge in [-0.15, -0.1) is 8.78 Å². The fraction of sp³-hybridized carbons (Fsp3) is 0.333. The highest BCUT2D eigenvalue weighted by atomic mass is 19.3. The average Bonchev–Trinajstić information content (AvgIpc) is 3.33. The number of hydrogen-bond donors (Lipinski definition) is 2. The van der Waals surface area contributed by atoms with Crippen molar-refractivity contribution in [3.63, 3.8) is 0 Å². The van der Waals surface area contributed by atoms with E-state index in [0.29, 0.717) is 6.54 Å². The molecular weight excluding hydrogens is 406 g/mol. The number of aromatic nitrogens is 1. The molecule has 0 radical (unpaired) electrons. The summed E-state index contributed by atoms with van der Waals surface area (Å²) in [7, 11) is 0. The number of fused-ring (bicyclic) bond motifs is 2. The third-order valence-corrected chi connectivity index (χ3v) is 5.81. The maximum atomic E-state index is 13.2. The Hall–Kier alpha value is -3.24. The number of halogens is 2. The molecule has 0 amide bonds. The zero-order valence-corrected chi connectivity index (χ0v) is 16.7. The third-order valence-electron chi connectivity index (χ3n) is 5.81. The van der Waals surface area contributed by atoms with Crippen LogP contribution >= 0.6 is 0 Å². The van der Waals surface area contributed by atoms with Gasteiger partial charge in [0, 0.05) is 24.2 Å². The number of nitrogens with two attached hydrogens (primary N) is 1. The van der Waals surface area contributed by atoms with Gasteiger partial charge >= 0.3 is 6.29 Å². The van der Waals surface area contributed by atoms with Gasteiger partial charge in [-0.2, -0.15) is 0 Å². The highest BCUT2D eigenvalue weighted by Gasteiger charge is 2.43. The zero-order chi connectivity index (χ0) is 21.6. The quantitative estimate of drug-likeness (QED) is 0.575. The van der Waals surface area contributed by atoms with Gasteiger partial charge in [0.15, 0.2) is 11.5 Å². The first-order valence-corrected chi connectivity index (χ1v) is 10.0. The molecular formula is C21H22F2N6O2. The number of aromatic amines is 1. The van der Waals surface area contributed by atoms with Crippen molar-refractivity contribution in [3.05, 3.63) is 47.3 Å². The molecule has 1 aromatic carbocycles. The highest BCUT2D eigenvalue weighted by Crippen LogP contribution is 2.42. The van der Waals surface area contributed by atoms with Crippen molar-refractivity contribution in [1.29, 1.82) is 0 Å². The molecule has 3 aliphatic heterocycles. The van der Waals surface area contributed by atoms with Crippen molar-refractivity contribution in [2.45, 2.75) is 25.7 Å². The van der Waals surface area contributed by atoms with E-state index in [1.165, 1.54) is 11.1 Å². The summed E-state index contributed by atoms with van der Waals surface area (Å²) in [4.78, 5) is 14.0. The molecule has 1 fully saturated rings. The van der Waals surface area contributed by atoms with Crippen molar-refractivity contribution >= 4 is 24.6 Å². The van der Waals surface area contributed by atoms with Gasteiger partial charge in [-0.25, -0.2) is 10.8 Å². The van der Waals surface area contributed by atoms with Crippen molar-refractivity contribution in [1.82, 2.24) is 14.9 Å². The van der Waals surface area contributed by atoms with Crippen molar-refractivity contribution in [2.75, 3.05) is 13.1 Å². The first-order chi connectivity index (χ1) is 14.9. The van der Waals surface area contributed by atoms with Gasteiger partial charge in [0.1, 0.15) is 12.2 Å². The second-order valence-corrected chi connectivity index (χ2v) is 7.78. The maximum Gasteiger partial charge on any atom is 0.586 e. The van der Waals surface area contributed by atoms with E-state index in [0.717, 1.165) is 54.3 Å². The summed E-state index contributed by atoms with van der Waals surface area (Å²) in [5, 5.41) is 1.49. The number of ether oxygens (including phenoxy) is 2. The second kappa shape index (κ2) is 7.47. The fourth-order valence-electron chi connectivity index (χ4n) is 4.36. The summed E-state index contributed by atoms with van der Waals surface area (Å²) in [5.41, 5.74) is 3.48. The van der Waals surface area contributed by atoms with Gasteiger partial charge < -0.3 is 14.5 Å². The third kappa shape index (κ3) is 3.68. The summed E-state index contributed by atoms with van der Waals surface area (Å²) < 4.78 is 35.5. The van der Waals surface area contributed by atoms with E-state index in [1.54, 1.807) is 18.5 Å². The molecule has 4 heterocycles. The number of alkyl halides is 2. The molecule has 0 saturated carbocycles. The number of hydrogen-bond acceptors (Lipinski definition) is 7. The SMILES string of the molecule is C=N/C(=C1/c2cc[nH]c2N=CN1N)C1CCN(Cc2ccc3c(c2)OC(F)(F)O3)CC1. The van der Waals surface area contributed by atoms with Gasteiger partial charge in [0.25, 0.3) is 0 Å². The van der Waals surface area contributed by atoms with E-state index in [2.05, 4.69) is 36.1 Å². The number of rotatable bonds is 4. The minimum Gasteiger partial charge on any atom is -0.395 e. The Balaban J connectivity index is 1.28. The first-order valence-electron chi connectivity index (χ1n) is 10.0. The Bertz CT molecular complexity index is 1070. The van der Waals surface area contributed by atoms with E-state index in [-0.39, 0.29) is 17.4 Å². The minimum absolute atomic E-state index is 0.0623. The Morgan fingerprint density at radius 3 is 2.81 bits per heavy atom. The molecule has 0 unspecified atom stereocenters. The normalized spacial score (nSPS) is 21.8. The number of H-pyrrole nitrogens is 1. The van der Waals surface area contributed by atoms with Gasteiger partial charge in [-0.3, -0.25) is 14.9 Å². The minimum atomic E-state index is -3.60. The van der Waals surface area contributed by atoms with Crippen molar-refractivity contribution in [2.24, 2.45) is 21.7 Å². The van der Waals surface area contributed by atoms with Gasteiger partial charge in [0.2, 0.25) is 0 Å². The van der Waals surface area contributed by atoms with Crippen LogP contribution in [0.25, 0.3) is 5.70 Å². The highest BCUT2D eigenvalue weighted by molar-refractivity contribution is 5.87. The van der Waals surface area contributed by atoms with Crippen LogP contribution in [0.2, 0.25) is 0 Å². The monoisotopic (exact) mass is 428 g/mol. The van der Waals surface area contributed by atoms with E-state index in [4.69, 9.17) is 5.84 Å². The molecule has 31 heavy (non-hydrogen) atoms. The zero-order valence-electron chi connectivity index (χ0n) is 16.7. The van der Waals surface area contributed by atoms with Gasteiger partial charge in [0.05, 0.1) is 11.4 Å². The summed E-state index contributed by atoms with van der Waals surface area (Å²) in [6, 6.07) is 6.86.